The lowest BCUT2D eigenvalue weighted by Gasteiger charge is -2.23. The maximum Gasteiger partial charge on any atom is 0.122 e. The van der Waals surface area contributed by atoms with E-state index < -0.39 is 0 Å². The highest BCUT2D eigenvalue weighted by molar-refractivity contribution is 5.47. The Morgan fingerprint density at radius 2 is 1.00 bits per heavy atom. The van der Waals surface area contributed by atoms with E-state index in [-0.39, 0.29) is 5.41 Å². The van der Waals surface area contributed by atoms with Crippen LogP contribution in [0.1, 0.15) is 154 Å². The van der Waals surface area contributed by atoms with E-state index in [1.807, 2.05) is 0 Å². The topological polar surface area (TPSA) is 20.2 Å². The number of phenolic OH excluding ortho intramolecular Hbond substituents is 1. The van der Waals surface area contributed by atoms with Crippen molar-refractivity contribution in [1.82, 2.24) is 0 Å². The molecule has 0 aliphatic carbocycles. The van der Waals surface area contributed by atoms with Crippen LogP contribution in [0, 0.1) is 0 Å². The molecule has 0 fully saturated rings. The molecule has 0 atom stereocenters. The molecule has 0 amide bonds. The van der Waals surface area contributed by atoms with E-state index in [9.17, 15) is 5.11 Å². The Balaban J connectivity index is 2.51. The van der Waals surface area contributed by atoms with E-state index in [2.05, 4.69) is 46.8 Å². The molecule has 1 nitrogen and oxygen atoms in total. The van der Waals surface area contributed by atoms with Crippen LogP contribution in [0.4, 0.5) is 0 Å². The average molecular weight is 431 g/mol. The third-order valence-corrected chi connectivity index (χ3v) is 6.68. The van der Waals surface area contributed by atoms with Gasteiger partial charge in [-0.1, -0.05) is 137 Å². The molecule has 180 valence electrons. The van der Waals surface area contributed by atoms with Crippen molar-refractivity contribution in [2.45, 2.75) is 156 Å². The van der Waals surface area contributed by atoms with Crippen LogP contribution in [0.3, 0.4) is 0 Å². The second-order valence-corrected chi connectivity index (χ2v) is 10.9. The van der Waals surface area contributed by atoms with E-state index in [0.29, 0.717) is 5.75 Å². The van der Waals surface area contributed by atoms with Crippen molar-refractivity contribution < 1.29 is 5.11 Å². The number of phenols is 1. The number of unbranched alkanes of at least 4 members (excludes halogenated alkanes) is 14. The fraction of sp³-hybridized carbons (Fsp3) is 0.800. The van der Waals surface area contributed by atoms with Crippen LogP contribution in [0.15, 0.2) is 12.1 Å². The minimum Gasteiger partial charge on any atom is -0.507 e. The maximum atomic E-state index is 11.0. The van der Waals surface area contributed by atoms with Gasteiger partial charge in [-0.15, -0.1) is 0 Å². The zero-order chi connectivity index (χ0) is 23.0. The summed E-state index contributed by atoms with van der Waals surface area (Å²) in [4.78, 5) is 0. The second kappa shape index (κ2) is 16.6. The van der Waals surface area contributed by atoms with Gasteiger partial charge in [0.05, 0.1) is 0 Å². The van der Waals surface area contributed by atoms with E-state index in [4.69, 9.17) is 0 Å². The number of benzene rings is 1. The van der Waals surface area contributed by atoms with Gasteiger partial charge in [0, 0.05) is 0 Å². The number of aryl methyl sites for hydroxylation is 2. The van der Waals surface area contributed by atoms with Crippen LogP contribution in [-0.2, 0) is 18.3 Å². The molecule has 0 radical (unpaired) electrons. The largest absolute Gasteiger partial charge is 0.507 e. The summed E-state index contributed by atoms with van der Waals surface area (Å²) in [5.74, 6) is 0.565. The van der Waals surface area contributed by atoms with Crippen molar-refractivity contribution in [3.63, 3.8) is 0 Å². The highest BCUT2D eigenvalue weighted by Crippen LogP contribution is 2.35. The van der Waals surface area contributed by atoms with Crippen LogP contribution in [0.25, 0.3) is 0 Å². The minimum absolute atomic E-state index is 0.00655. The third-order valence-electron chi connectivity index (χ3n) is 6.68. The van der Waals surface area contributed by atoms with Crippen LogP contribution in [0.2, 0.25) is 0 Å². The normalized spacial score (nSPS) is 11.9. The van der Waals surface area contributed by atoms with E-state index in [0.717, 1.165) is 18.4 Å². The predicted octanol–water partition coefficient (Wildman–Crippen LogP) is 10.1. The van der Waals surface area contributed by atoms with Gasteiger partial charge in [-0.3, -0.25) is 0 Å². The molecule has 0 saturated heterocycles. The first-order valence-electron chi connectivity index (χ1n) is 13.7. The molecular formula is C30H54O. The molecule has 1 N–H and O–H groups in total. The molecule has 0 heterocycles. The Morgan fingerprint density at radius 3 is 1.45 bits per heavy atom. The van der Waals surface area contributed by atoms with Crippen molar-refractivity contribution in [2.24, 2.45) is 0 Å². The van der Waals surface area contributed by atoms with Crippen LogP contribution < -0.4 is 0 Å². The van der Waals surface area contributed by atoms with Gasteiger partial charge in [0.1, 0.15) is 5.75 Å². The lowest BCUT2D eigenvalue weighted by atomic mass is 9.82. The Bertz CT molecular complexity index is 567. The summed E-state index contributed by atoms with van der Waals surface area (Å²) in [6, 6.07) is 4.60. The molecule has 0 bridgehead atoms. The lowest BCUT2D eigenvalue weighted by Crippen LogP contribution is -2.13. The fourth-order valence-corrected chi connectivity index (χ4v) is 4.58. The SMILES string of the molecule is CCCCCCCCCCc1cc(CCCCCCCCCC)c(O)c(C(C)(C)C)c1. The highest BCUT2D eigenvalue weighted by atomic mass is 16.3. The van der Waals surface area contributed by atoms with Gasteiger partial charge >= 0.3 is 0 Å². The maximum absolute atomic E-state index is 11.0. The highest BCUT2D eigenvalue weighted by Gasteiger charge is 2.21. The van der Waals surface area contributed by atoms with Crippen molar-refractivity contribution in [1.29, 1.82) is 0 Å². The molecule has 0 aliphatic heterocycles. The van der Waals surface area contributed by atoms with Gasteiger partial charge in [0.25, 0.3) is 0 Å². The van der Waals surface area contributed by atoms with Gasteiger partial charge in [-0.2, -0.15) is 0 Å². The van der Waals surface area contributed by atoms with Gasteiger partial charge < -0.3 is 5.11 Å². The fourth-order valence-electron chi connectivity index (χ4n) is 4.58. The van der Waals surface area contributed by atoms with E-state index >= 15 is 0 Å². The van der Waals surface area contributed by atoms with Crippen molar-refractivity contribution in [2.75, 3.05) is 0 Å². The van der Waals surface area contributed by atoms with Crippen LogP contribution in [-0.4, -0.2) is 5.11 Å². The Labute approximate surface area is 195 Å². The molecule has 1 heteroatoms. The van der Waals surface area contributed by atoms with Crippen LogP contribution >= 0.6 is 0 Å². The summed E-state index contributed by atoms with van der Waals surface area (Å²) in [7, 11) is 0. The van der Waals surface area contributed by atoms with E-state index in [1.54, 1.807) is 0 Å². The zero-order valence-corrected chi connectivity index (χ0v) is 21.8. The smallest absolute Gasteiger partial charge is 0.122 e. The summed E-state index contributed by atoms with van der Waals surface area (Å²) < 4.78 is 0. The molecular weight excluding hydrogens is 376 g/mol. The summed E-state index contributed by atoms with van der Waals surface area (Å²) in [5.41, 5.74) is 3.75. The summed E-state index contributed by atoms with van der Waals surface area (Å²) in [5, 5.41) is 11.0. The Hall–Kier alpha value is -0.980. The average Bonchev–Trinajstić information content (AvgIpc) is 2.72. The number of hydrogen-bond acceptors (Lipinski definition) is 1. The quantitative estimate of drug-likeness (QED) is 0.230. The van der Waals surface area contributed by atoms with Gasteiger partial charge in [0.15, 0.2) is 0 Å². The van der Waals surface area contributed by atoms with Crippen molar-refractivity contribution in [3.05, 3.63) is 28.8 Å². The first kappa shape index (κ1) is 28.1. The van der Waals surface area contributed by atoms with Crippen molar-refractivity contribution >= 4 is 0 Å². The number of aromatic hydroxyl groups is 1. The summed E-state index contributed by atoms with van der Waals surface area (Å²) >= 11 is 0. The minimum atomic E-state index is -0.00655. The third kappa shape index (κ3) is 12.6. The molecule has 0 saturated carbocycles. The molecule has 0 aliphatic rings. The Morgan fingerprint density at radius 1 is 0.581 bits per heavy atom. The molecule has 1 rings (SSSR count). The number of hydrogen-bond donors (Lipinski definition) is 1. The lowest BCUT2D eigenvalue weighted by molar-refractivity contribution is 0.438. The van der Waals surface area contributed by atoms with Gasteiger partial charge in [-0.25, -0.2) is 0 Å². The first-order chi connectivity index (χ1) is 14.9. The first-order valence-corrected chi connectivity index (χ1v) is 13.7. The van der Waals surface area contributed by atoms with Crippen LogP contribution in [0.5, 0.6) is 5.75 Å². The molecule has 31 heavy (non-hydrogen) atoms. The van der Waals surface area contributed by atoms with Gasteiger partial charge in [0.2, 0.25) is 0 Å². The summed E-state index contributed by atoms with van der Waals surface area (Å²) in [6.45, 7) is 11.2. The standard InChI is InChI=1S/C30H54O/c1-6-8-10-12-14-16-18-20-22-26-24-27(29(31)28(25-26)30(3,4)5)23-21-19-17-15-13-11-9-7-2/h24-25,31H,6-23H2,1-5H3. The van der Waals surface area contributed by atoms with E-state index in [1.165, 1.54) is 114 Å². The monoisotopic (exact) mass is 430 g/mol. The Kier molecular flexibility index (Phi) is 15.0. The molecule has 0 spiro atoms. The molecule has 0 aromatic heterocycles. The number of rotatable bonds is 18. The predicted molar refractivity (Wildman–Crippen MR) is 139 cm³/mol. The summed E-state index contributed by atoms with van der Waals surface area (Å²) in [6.07, 6.45) is 23.8. The molecule has 0 unspecified atom stereocenters. The van der Waals surface area contributed by atoms with Gasteiger partial charge in [-0.05, 0) is 47.8 Å². The molecule has 1 aromatic carbocycles. The van der Waals surface area contributed by atoms with Crippen molar-refractivity contribution in [3.8, 4) is 5.75 Å². The molecule has 1 aromatic rings. The zero-order valence-electron chi connectivity index (χ0n) is 21.8. The second-order valence-electron chi connectivity index (χ2n) is 10.9.